The molecule has 17 heavy (non-hydrogen) atoms. The van der Waals surface area contributed by atoms with Crippen molar-refractivity contribution in [3.63, 3.8) is 0 Å². The van der Waals surface area contributed by atoms with Gasteiger partial charge in [0.15, 0.2) is 0 Å². The highest BCUT2D eigenvalue weighted by Crippen LogP contribution is 2.19. The molecule has 0 aliphatic rings. The average molecular weight is 309 g/mol. The first kappa shape index (κ1) is 16.4. The summed E-state index contributed by atoms with van der Waals surface area (Å²) in [6.07, 6.45) is 0. The highest BCUT2D eigenvalue weighted by molar-refractivity contribution is 9.10. The number of ether oxygens (including phenoxy) is 1. The van der Waals surface area contributed by atoms with E-state index in [4.69, 9.17) is 4.74 Å². The van der Waals surface area contributed by atoms with Crippen LogP contribution in [0.1, 0.15) is 13.8 Å². The molecule has 0 aliphatic heterocycles. The topological polar surface area (TPSA) is 49.9 Å². The molecule has 0 spiro atoms. The average Bonchev–Trinajstić information content (AvgIpc) is 2.21. The van der Waals surface area contributed by atoms with Crippen molar-refractivity contribution >= 4 is 27.7 Å². The molecule has 0 saturated carbocycles. The lowest BCUT2D eigenvalue weighted by atomic mass is 10.2. The van der Waals surface area contributed by atoms with Crippen molar-refractivity contribution in [1.29, 1.82) is 0 Å². The fourth-order valence-electron chi connectivity index (χ4n) is 1.13. The van der Waals surface area contributed by atoms with Gasteiger partial charge in [-0.25, -0.2) is 0 Å². The predicted octanol–water partition coefficient (Wildman–Crippen LogP) is 0.723. The SMILES string of the molecule is COCCN(CC(=O)N(C)C)C(=O)C(C)(C)Br. The molecule has 0 aliphatic carbocycles. The number of likely N-dealkylation sites (N-methyl/N-ethyl adjacent to an activating group) is 1. The van der Waals surface area contributed by atoms with Gasteiger partial charge in [-0.3, -0.25) is 9.59 Å². The van der Waals surface area contributed by atoms with Gasteiger partial charge in [-0.2, -0.15) is 0 Å². The van der Waals surface area contributed by atoms with Gasteiger partial charge in [-0.15, -0.1) is 0 Å². The van der Waals surface area contributed by atoms with Crippen LogP contribution < -0.4 is 0 Å². The molecular formula is C11H21BrN2O3. The second-order valence-corrected chi connectivity index (χ2v) is 6.46. The van der Waals surface area contributed by atoms with E-state index >= 15 is 0 Å². The standard InChI is InChI=1S/C11H21BrN2O3/c1-11(2,12)10(16)14(6-7-17-5)8-9(15)13(3)4/h6-8H2,1-5H3. The first-order chi connectivity index (χ1) is 7.70. The lowest BCUT2D eigenvalue weighted by Crippen LogP contribution is -2.47. The molecule has 0 atom stereocenters. The summed E-state index contributed by atoms with van der Waals surface area (Å²) in [5, 5.41) is 0. The number of hydrogen-bond acceptors (Lipinski definition) is 3. The lowest BCUT2D eigenvalue weighted by molar-refractivity contribution is -0.140. The van der Waals surface area contributed by atoms with Crippen molar-refractivity contribution in [2.45, 2.75) is 18.2 Å². The molecule has 0 aromatic heterocycles. The second kappa shape index (κ2) is 6.96. The summed E-state index contributed by atoms with van der Waals surface area (Å²) in [5.74, 6) is -0.226. The van der Waals surface area contributed by atoms with E-state index in [2.05, 4.69) is 15.9 Å². The number of rotatable bonds is 6. The number of amides is 2. The molecule has 0 N–H and O–H groups in total. The molecule has 0 bridgehead atoms. The third kappa shape index (κ3) is 6.02. The summed E-state index contributed by atoms with van der Waals surface area (Å²) in [7, 11) is 4.90. The molecule has 0 aromatic rings. The summed E-state index contributed by atoms with van der Waals surface area (Å²) in [6, 6.07) is 0. The van der Waals surface area contributed by atoms with Crippen LogP contribution in [0.3, 0.4) is 0 Å². The normalized spacial score (nSPS) is 11.2. The Morgan fingerprint density at radius 2 is 1.82 bits per heavy atom. The van der Waals surface area contributed by atoms with Gasteiger partial charge >= 0.3 is 0 Å². The van der Waals surface area contributed by atoms with Crippen LogP contribution in [0.25, 0.3) is 0 Å². The van der Waals surface area contributed by atoms with Gasteiger partial charge in [0.05, 0.1) is 17.5 Å². The molecule has 0 radical (unpaired) electrons. The molecule has 0 rings (SSSR count). The van der Waals surface area contributed by atoms with E-state index in [1.165, 1.54) is 9.80 Å². The number of halogens is 1. The van der Waals surface area contributed by atoms with E-state index in [9.17, 15) is 9.59 Å². The van der Waals surface area contributed by atoms with E-state index in [1.54, 1.807) is 35.1 Å². The highest BCUT2D eigenvalue weighted by Gasteiger charge is 2.30. The molecule has 0 heterocycles. The minimum absolute atomic E-state index is 0.0736. The van der Waals surface area contributed by atoms with Crippen LogP contribution in [0.5, 0.6) is 0 Å². The molecule has 5 nitrogen and oxygen atoms in total. The maximum atomic E-state index is 12.1. The number of alkyl halides is 1. The van der Waals surface area contributed by atoms with Crippen LogP contribution in [0, 0.1) is 0 Å². The Kier molecular flexibility index (Phi) is 6.70. The van der Waals surface area contributed by atoms with Crippen molar-refractivity contribution in [2.24, 2.45) is 0 Å². The maximum absolute atomic E-state index is 12.1. The Morgan fingerprint density at radius 3 is 2.18 bits per heavy atom. The molecule has 6 heteroatoms. The lowest BCUT2D eigenvalue weighted by Gasteiger charge is -2.28. The summed E-state index contributed by atoms with van der Waals surface area (Å²) in [4.78, 5) is 26.7. The highest BCUT2D eigenvalue weighted by atomic mass is 79.9. The summed E-state index contributed by atoms with van der Waals surface area (Å²) in [5.41, 5.74) is 0. The summed E-state index contributed by atoms with van der Waals surface area (Å²) >= 11 is 3.31. The summed E-state index contributed by atoms with van der Waals surface area (Å²) < 4.78 is 4.27. The molecule has 0 fully saturated rings. The van der Waals surface area contributed by atoms with Crippen LogP contribution in [0.4, 0.5) is 0 Å². The maximum Gasteiger partial charge on any atom is 0.241 e. The van der Waals surface area contributed by atoms with E-state index in [0.29, 0.717) is 13.2 Å². The fourth-order valence-corrected chi connectivity index (χ4v) is 1.39. The fraction of sp³-hybridized carbons (Fsp3) is 0.818. The summed E-state index contributed by atoms with van der Waals surface area (Å²) in [6.45, 7) is 4.41. The molecule has 100 valence electrons. The monoisotopic (exact) mass is 308 g/mol. The predicted molar refractivity (Wildman–Crippen MR) is 70.2 cm³/mol. The molecule has 0 saturated heterocycles. The van der Waals surface area contributed by atoms with Gasteiger partial charge in [-0.05, 0) is 13.8 Å². The Balaban J connectivity index is 4.65. The van der Waals surface area contributed by atoms with Crippen molar-refractivity contribution in [1.82, 2.24) is 9.80 Å². The van der Waals surface area contributed by atoms with Crippen molar-refractivity contribution in [3.05, 3.63) is 0 Å². The van der Waals surface area contributed by atoms with Gasteiger partial charge in [0.1, 0.15) is 0 Å². The zero-order valence-electron chi connectivity index (χ0n) is 11.1. The number of carbonyl (C=O) groups is 2. The van der Waals surface area contributed by atoms with Crippen LogP contribution in [-0.4, -0.2) is 66.8 Å². The molecule has 0 aromatic carbocycles. The van der Waals surface area contributed by atoms with Gasteiger partial charge in [0.2, 0.25) is 11.8 Å². The van der Waals surface area contributed by atoms with Crippen molar-refractivity contribution < 1.29 is 14.3 Å². The van der Waals surface area contributed by atoms with E-state index in [-0.39, 0.29) is 18.4 Å². The quantitative estimate of drug-likeness (QED) is 0.680. The zero-order valence-corrected chi connectivity index (χ0v) is 12.7. The van der Waals surface area contributed by atoms with Crippen LogP contribution >= 0.6 is 15.9 Å². The largest absolute Gasteiger partial charge is 0.383 e. The third-order valence-electron chi connectivity index (χ3n) is 2.19. The Morgan fingerprint density at radius 1 is 1.29 bits per heavy atom. The van der Waals surface area contributed by atoms with Crippen LogP contribution in [0.15, 0.2) is 0 Å². The Labute approximate surface area is 111 Å². The minimum atomic E-state index is -0.673. The van der Waals surface area contributed by atoms with Gasteiger partial charge < -0.3 is 14.5 Å². The second-order valence-electron chi connectivity index (χ2n) is 4.48. The van der Waals surface area contributed by atoms with Crippen molar-refractivity contribution in [3.8, 4) is 0 Å². The van der Waals surface area contributed by atoms with Gasteiger partial charge in [-0.1, -0.05) is 15.9 Å². The zero-order chi connectivity index (χ0) is 13.6. The number of nitrogens with zero attached hydrogens (tertiary/aromatic N) is 2. The molecule has 0 unspecified atom stereocenters. The number of methoxy groups -OCH3 is 1. The third-order valence-corrected chi connectivity index (χ3v) is 2.53. The van der Waals surface area contributed by atoms with E-state index in [1.807, 2.05) is 0 Å². The molecule has 2 amide bonds. The number of carbonyl (C=O) groups excluding carboxylic acids is 2. The van der Waals surface area contributed by atoms with Crippen LogP contribution in [-0.2, 0) is 14.3 Å². The number of hydrogen-bond donors (Lipinski definition) is 0. The first-order valence-electron chi connectivity index (χ1n) is 5.37. The van der Waals surface area contributed by atoms with Gasteiger partial charge in [0.25, 0.3) is 0 Å². The Bertz CT molecular complexity index is 274. The van der Waals surface area contributed by atoms with Crippen LogP contribution in [0.2, 0.25) is 0 Å². The van der Waals surface area contributed by atoms with E-state index in [0.717, 1.165) is 0 Å². The van der Waals surface area contributed by atoms with Crippen molar-refractivity contribution in [2.75, 3.05) is 40.9 Å². The molecular weight excluding hydrogens is 288 g/mol. The Hall–Kier alpha value is -0.620. The van der Waals surface area contributed by atoms with Gasteiger partial charge in [0, 0.05) is 27.7 Å². The van der Waals surface area contributed by atoms with E-state index < -0.39 is 4.32 Å². The smallest absolute Gasteiger partial charge is 0.241 e. The first-order valence-corrected chi connectivity index (χ1v) is 6.16. The minimum Gasteiger partial charge on any atom is -0.383 e.